The fraction of sp³-hybridized carbons (Fsp3) is 0.185. The summed E-state index contributed by atoms with van der Waals surface area (Å²) in [4.78, 5) is 47.1. The second kappa shape index (κ2) is 10.9. The van der Waals surface area contributed by atoms with Gasteiger partial charge >= 0.3 is 0 Å². The Bertz CT molecular complexity index is 1470. The van der Waals surface area contributed by atoms with E-state index in [-0.39, 0.29) is 42.7 Å². The molecule has 0 fully saturated rings. The van der Waals surface area contributed by atoms with E-state index in [2.05, 4.69) is 10.3 Å². The van der Waals surface area contributed by atoms with Crippen molar-refractivity contribution in [3.63, 3.8) is 0 Å². The van der Waals surface area contributed by atoms with Crippen LogP contribution in [0.25, 0.3) is 0 Å². The molecular formula is C27H22FN5O4S. The first-order valence-electron chi connectivity index (χ1n) is 11.9. The van der Waals surface area contributed by atoms with Gasteiger partial charge in [-0.05, 0) is 41.8 Å². The lowest BCUT2D eigenvalue weighted by Crippen LogP contribution is -2.44. The number of benzene rings is 3. The molecule has 2 aliphatic heterocycles. The zero-order chi connectivity index (χ0) is 26.6. The predicted octanol–water partition coefficient (Wildman–Crippen LogP) is 4.72. The Hall–Kier alpha value is -4.38. The molecule has 1 atom stereocenters. The van der Waals surface area contributed by atoms with Crippen molar-refractivity contribution in [3.05, 3.63) is 105 Å². The maximum Gasteiger partial charge on any atom is 0.270 e. The monoisotopic (exact) mass is 531 g/mol. The van der Waals surface area contributed by atoms with Crippen molar-refractivity contribution >= 4 is 46.0 Å². The molecule has 3 aromatic rings. The van der Waals surface area contributed by atoms with Crippen LogP contribution in [0.3, 0.4) is 0 Å². The van der Waals surface area contributed by atoms with E-state index >= 15 is 0 Å². The number of nitro benzene ring substituents is 1. The van der Waals surface area contributed by atoms with Crippen LogP contribution in [0.4, 0.5) is 15.8 Å². The summed E-state index contributed by atoms with van der Waals surface area (Å²) in [5.74, 6) is -0.0632. The largest absolute Gasteiger partial charge is 0.352 e. The van der Waals surface area contributed by atoms with Crippen LogP contribution in [-0.4, -0.2) is 38.7 Å². The van der Waals surface area contributed by atoms with Crippen LogP contribution in [0.15, 0.2) is 82.8 Å². The van der Waals surface area contributed by atoms with Crippen LogP contribution < -0.4 is 5.32 Å². The third-order valence-corrected chi connectivity index (χ3v) is 7.17. The first kappa shape index (κ1) is 25.3. The van der Waals surface area contributed by atoms with Crippen LogP contribution >= 0.6 is 11.8 Å². The number of amides is 2. The molecule has 5 rings (SSSR count). The van der Waals surface area contributed by atoms with Gasteiger partial charge in [0.1, 0.15) is 17.7 Å². The molecule has 9 nitrogen and oxygen atoms in total. The summed E-state index contributed by atoms with van der Waals surface area (Å²) in [6.07, 6.45) is 0.307. The summed E-state index contributed by atoms with van der Waals surface area (Å²) in [5.41, 5.74) is 2.91. The number of carbonyl (C=O) groups is 2. The molecule has 1 unspecified atom stereocenters. The first-order chi connectivity index (χ1) is 18.4. The number of fused-ring (bicyclic) bond motifs is 3. The first-order valence-corrected chi connectivity index (χ1v) is 12.8. The Morgan fingerprint density at radius 2 is 1.84 bits per heavy atom. The fourth-order valence-electron chi connectivity index (χ4n) is 4.24. The summed E-state index contributed by atoms with van der Waals surface area (Å²) in [6, 6.07) is 18.9. The average molecular weight is 532 g/mol. The molecule has 0 aromatic heterocycles. The number of aliphatic imine (C=N–C) groups is 2. The summed E-state index contributed by atoms with van der Waals surface area (Å²) < 4.78 is 13.1. The van der Waals surface area contributed by atoms with E-state index in [0.717, 1.165) is 16.7 Å². The third-order valence-electron chi connectivity index (χ3n) is 6.15. The van der Waals surface area contributed by atoms with Gasteiger partial charge in [0.15, 0.2) is 5.17 Å². The SMILES string of the molecule is O=C(CCC1C(=O)N=C2c3ccccc3N=C(SCc3cccc([N+](=O)[O-])c3)N21)NCc1ccc(F)cc1. The van der Waals surface area contributed by atoms with Crippen LogP contribution in [0.5, 0.6) is 0 Å². The minimum atomic E-state index is -0.703. The minimum absolute atomic E-state index is 0.00200. The van der Waals surface area contributed by atoms with E-state index in [1.807, 2.05) is 24.3 Å². The second-order valence-electron chi connectivity index (χ2n) is 8.73. The molecule has 2 amide bonds. The second-order valence-corrected chi connectivity index (χ2v) is 9.67. The van der Waals surface area contributed by atoms with Gasteiger partial charge in [0.25, 0.3) is 11.6 Å². The van der Waals surface area contributed by atoms with Crippen molar-refractivity contribution in [2.45, 2.75) is 31.2 Å². The van der Waals surface area contributed by atoms with Gasteiger partial charge < -0.3 is 5.32 Å². The molecule has 2 heterocycles. The van der Waals surface area contributed by atoms with Gasteiger partial charge in [-0.1, -0.05) is 48.2 Å². The number of amidine groups is 2. The molecular weight excluding hydrogens is 509 g/mol. The Balaban J connectivity index is 1.30. The number of halogens is 1. The molecule has 38 heavy (non-hydrogen) atoms. The summed E-state index contributed by atoms with van der Waals surface area (Å²) in [5, 5.41) is 14.5. The zero-order valence-electron chi connectivity index (χ0n) is 20.0. The van der Waals surface area contributed by atoms with E-state index < -0.39 is 11.0 Å². The number of para-hydroxylation sites is 1. The van der Waals surface area contributed by atoms with Gasteiger partial charge in [-0.3, -0.25) is 24.6 Å². The van der Waals surface area contributed by atoms with Crippen LogP contribution in [0.1, 0.15) is 29.5 Å². The Morgan fingerprint density at radius 1 is 1.05 bits per heavy atom. The van der Waals surface area contributed by atoms with Gasteiger partial charge in [-0.15, -0.1) is 0 Å². The van der Waals surface area contributed by atoms with Crippen molar-refractivity contribution in [1.29, 1.82) is 0 Å². The number of nitrogens with one attached hydrogen (secondary N) is 1. The maximum atomic E-state index is 13.1. The lowest BCUT2D eigenvalue weighted by Gasteiger charge is -2.31. The number of nitrogens with zero attached hydrogens (tertiary/aromatic N) is 4. The van der Waals surface area contributed by atoms with E-state index in [9.17, 15) is 24.1 Å². The van der Waals surface area contributed by atoms with E-state index in [1.165, 1.54) is 36.0 Å². The summed E-state index contributed by atoms with van der Waals surface area (Å²) >= 11 is 1.35. The Morgan fingerprint density at radius 3 is 2.63 bits per heavy atom. The summed E-state index contributed by atoms with van der Waals surface area (Å²) in [6.45, 7) is 0.252. The maximum absolute atomic E-state index is 13.1. The van der Waals surface area contributed by atoms with E-state index in [1.54, 1.807) is 29.2 Å². The molecule has 192 valence electrons. The number of rotatable bonds is 8. The topological polar surface area (TPSA) is 117 Å². The smallest absolute Gasteiger partial charge is 0.270 e. The fourth-order valence-corrected chi connectivity index (χ4v) is 5.23. The van der Waals surface area contributed by atoms with Crippen molar-refractivity contribution in [2.24, 2.45) is 9.98 Å². The highest BCUT2D eigenvalue weighted by Crippen LogP contribution is 2.36. The highest BCUT2D eigenvalue weighted by Gasteiger charge is 2.41. The van der Waals surface area contributed by atoms with Gasteiger partial charge in [0, 0.05) is 36.4 Å². The molecule has 3 aromatic carbocycles. The number of hydrogen-bond acceptors (Lipinski definition) is 7. The van der Waals surface area contributed by atoms with Gasteiger partial charge in [0.2, 0.25) is 5.91 Å². The quantitative estimate of drug-likeness (QED) is 0.332. The molecule has 0 radical (unpaired) electrons. The normalized spacial score (nSPS) is 15.9. The van der Waals surface area contributed by atoms with Gasteiger partial charge in [-0.25, -0.2) is 9.38 Å². The van der Waals surface area contributed by atoms with Crippen LogP contribution in [0.2, 0.25) is 0 Å². The standard InChI is InChI=1S/C27H22FN5O4S/c28-19-10-8-17(9-11-19)15-29-24(34)13-12-23-26(35)31-25-21-6-1-2-7-22(21)30-27(32(23)25)38-16-18-4-3-5-20(14-18)33(36)37/h1-11,14,23H,12-13,15-16H2,(H,29,34). The molecule has 0 spiro atoms. The van der Waals surface area contributed by atoms with Gasteiger partial charge in [0.05, 0.1) is 10.6 Å². The minimum Gasteiger partial charge on any atom is -0.352 e. The number of non-ortho nitro benzene ring substituents is 1. The number of hydrogen-bond donors (Lipinski definition) is 1. The number of carbonyl (C=O) groups excluding carboxylic acids is 2. The van der Waals surface area contributed by atoms with Gasteiger partial charge in [-0.2, -0.15) is 4.99 Å². The predicted molar refractivity (Wildman–Crippen MR) is 143 cm³/mol. The Kier molecular flexibility index (Phi) is 7.27. The highest BCUT2D eigenvalue weighted by atomic mass is 32.2. The lowest BCUT2D eigenvalue weighted by atomic mass is 10.1. The number of nitro groups is 1. The van der Waals surface area contributed by atoms with Crippen LogP contribution in [-0.2, 0) is 21.9 Å². The average Bonchev–Trinajstić information content (AvgIpc) is 3.26. The summed E-state index contributed by atoms with van der Waals surface area (Å²) in [7, 11) is 0. The van der Waals surface area contributed by atoms with Crippen LogP contribution in [0, 0.1) is 15.9 Å². The Labute approximate surface area is 221 Å². The highest BCUT2D eigenvalue weighted by molar-refractivity contribution is 8.13. The third kappa shape index (κ3) is 5.47. The molecule has 2 aliphatic rings. The van der Waals surface area contributed by atoms with Crippen molar-refractivity contribution in [1.82, 2.24) is 10.2 Å². The molecule has 0 bridgehead atoms. The van der Waals surface area contributed by atoms with Crippen molar-refractivity contribution in [2.75, 3.05) is 0 Å². The number of thioether (sulfide) groups is 1. The lowest BCUT2D eigenvalue weighted by molar-refractivity contribution is -0.384. The van der Waals surface area contributed by atoms with E-state index in [0.29, 0.717) is 22.4 Å². The molecule has 11 heteroatoms. The molecule has 0 saturated heterocycles. The molecule has 0 aliphatic carbocycles. The van der Waals surface area contributed by atoms with E-state index in [4.69, 9.17) is 4.99 Å². The molecule has 0 saturated carbocycles. The van der Waals surface area contributed by atoms with Crippen molar-refractivity contribution < 1.29 is 18.9 Å². The molecule has 1 N–H and O–H groups in total. The zero-order valence-corrected chi connectivity index (χ0v) is 20.9. The van der Waals surface area contributed by atoms with Crippen molar-refractivity contribution in [3.8, 4) is 0 Å².